The Morgan fingerprint density at radius 3 is 3.00 bits per heavy atom. The van der Waals surface area contributed by atoms with Gasteiger partial charge >= 0.3 is 0 Å². The number of nitrogens with two attached hydrogens (primary N) is 1. The molecule has 1 amide bonds. The molecule has 0 radical (unpaired) electrons. The zero-order valence-corrected chi connectivity index (χ0v) is 11.1. The smallest absolute Gasteiger partial charge is 0.276 e. The van der Waals surface area contributed by atoms with E-state index in [-0.39, 0.29) is 5.91 Å². The second kappa shape index (κ2) is 4.97. The van der Waals surface area contributed by atoms with E-state index in [9.17, 15) is 4.79 Å². The molecule has 6 heteroatoms. The van der Waals surface area contributed by atoms with Crippen molar-refractivity contribution < 1.29 is 14.1 Å². The summed E-state index contributed by atoms with van der Waals surface area (Å²) in [5.41, 5.74) is 8.97. The Bertz CT molecular complexity index is 651. The fourth-order valence-electron chi connectivity index (χ4n) is 2.34. The summed E-state index contributed by atoms with van der Waals surface area (Å²) in [5, 5.41) is 3.79. The molecule has 0 saturated carbocycles. The van der Waals surface area contributed by atoms with Crippen molar-refractivity contribution in [3.8, 4) is 0 Å². The van der Waals surface area contributed by atoms with Crippen molar-refractivity contribution in [2.45, 2.75) is 19.7 Å². The van der Waals surface area contributed by atoms with E-state index < -0.39 is 0 Å². The molecule has 1 aliphatic heterocycles. The predicted molar refractivity (Wildman–Crippen MR) is 71.6 cm³/mol. The van der Waals surface area contributed by atoms with Gasteiger partial charge in [-0.25, -0.2) is 0 Å². The third kappa shape index (κ3) is 2.25. The number of carbonyl (C=O) groups is 1. The molecule has 0 unspecified atom stereocenters. The standard InChI is InChI=1S/C14H15N3O3/c1-19-8-12-5-13(16-20-12)14(18)17-6-9-2-3-11(15)4-10(9)7-17/h2-5H,6-8,15H2,1H3. The van der Waals surface area contributed by atoms with Gasteiger partial charge in [0.1, 0.15) is 6.61 Å². The summed E-state index contributed by atoms with van der Waals surface area (Å²) in [6.45, 7) is 1.42. The third-order valence-corrected chi connectivity index (χ3v) is 3.30. The number of anilines is 1. The minimum absolute atomic E-state index is 0.147. The van der Waals surface area contributed by atoms with Crippen molar-refractivity contribution in [1.82, 2.24) is 10.1 Å². The van der Waals surface area contributed by atoms with Gasteiger partial charge in [0.25, 0.3) is 5.91 Å². The molecule has 0 bridgehead atoms. The van der Waals surface area contributed by atoms with Crippen LogP contribution in [-0.2, 0) is 24.4 Å². The lowest BCUT2D eigenvalue weighted by Gasteiger charge is -2.12. The van der Waals surface area contributed by atoms with Crippen molar-refractivity contribution in [2.75, 3.05) is 12.8 Å². The normalized spacial score (nSPS) is 13.6. The lowest BCUT2D eigenvalue weighted by molar-refractivity contribution is 0.0740. The Labute approximate surface area is 116 Å². The number of rotatable bonds is 3. The van der Waals surface area contributed by atoms with E-state index in [0.29, 0.717) is 36.8 Å². The van der Waals surface area contributed by atoms with Gasteiger partial charge in [0.2, 0.25) is 0 Å². The maximum Gasteiger partial charge on any atom is 0.276 e. The van der Waals surface area contributed by atoms with Crippen LogP contribution in [0.4, 0.5) is 5.69 Å². The highest BCUT2D eigenvalue weighted by Gasteiger charge is 2.26. The summed E-state index contributed by atoms with van der Waals surface area (Å²) < 4.78 is 9.98. The number of nitrogen functional groups attached to an aromatic ring is 1. The lowest BCUT2D eigenvalue weighted by Crippen LogP contribution is -2.25. The fourth-order valence-corrected chi connectivity index (χ4v) is 2.34. The van der Waals surface area contributed by atoms with Gasteiger partial charge in [0.05, 0.1) is 0 Å². The van der Waals surface area contributed by atoms with Crippen molar-refractivity contribution in [3.63, 3.8) is 0 Å². The highest BCUT2D eigenvalue weighted by atomic mass is 16.5. The Balaban J connectivity index is 1.76. The average molecular weight is 273 g/mol. The van der Waals surface area contributed by atoms with Crippen LogP contribution in [0.15, 0.2) is 28.8 Å². The van der Waals surface area contributed by atoms with Gasteiger partial charge in [-0.2, -0.15) is 0 Å². The summed E-state index contributed by atoms with van der Waals surface area (Å²) in [4.78, 5) is 14.1. The third-order valence-electron chi connectivity index (χ3n) is 3.30. The van der Waals surface area contributed by atoms with E-state index in [1.165, 1.54) is 0 Å². The van der Waals surface area contributed by atoms with E-state index in [2.05, 4.69) is 5.16 Å². The number of aromatic nitrogens is 1. The van der Waals surface area contributed by atoms with Gasteiger partial charge < -0.3 is 19.9 Å². The summed E-state index contributed by atoms with van der Waals surface area (Å²) in [7, 11) is 1.56. The number of carbonyl (C=O) groups excluding carboxylic acids is 1. The Kier molecular flexibility index (Phi) is 3.15. The van der Waals surface area contributed by atoms with Crippen molar-refractivity contribution in [2.24, 2.45) is 0 Å². The molecule has 20 heavy (non-hydrogen) atoms. The molecule has 2 aromatic rings. The molecule has 3 rings (SSSR count). The summed E-state index contributed by atoms with van der Waals surface area (Å²) in [6.07, 6.45) is 0. The monoisotopic (exact) mass is 273 g/mol. The number of hydrogen-bond acceptors (Lipinski definition) is 5. The lowest BCUT2D eigenvalue weighted by atomic mass is 10.1. The van der Waals surface area contributed by atoms with Gasteiger partial charge in [-0.3, -0.25) is 4.79 Å². The van der Waals surface area contributed by atoms with Crippen molar-refractivity contribution in [1.29, 1.82) is 0 Å². The van der Waals surface area contributed by atoms with Crippen LogP contribution < -0.4 is 5.73 Å². The van der Waals surface area contributed by atoms with Crippen LogP contribution in [0.25, 0.3) is 0 Å². The first-order valence-electron chi connectivity index (χ1n) is 6.28. The minimum Gasteiger partial charge on any atom is -0.399 e. The zero-order valence-electron chi connectivity index (χ0n) is 11.1. The number of benzene rings is 1. The maximum absolute atomic E-state index is 12.3. The molecule has 1 aliphatic rings. The first-order valence-corrected chi connectivity index (χ1v) is 6.28. The topological polar surface area (TPSA) is 81.6 Å². The van der Waals surface area contributed by atoms with Crippen LogP contribution in [0, 0.1) is 0 Å². The van der Waals surface area contributed by atoms with Gasteiger partial charge in [0.15, 0.2) is 11.5 Å². The van der Waals surface area contributed by atoms with Crippen LogP contribution in [-0.4, -0.2) is 23.1 Å². The van der Waals surface area contributed by atoms with Crippen molar-refractivity contribution >= 4 is 11.6 Å². The van der Waals surface area contributed by atoms with E-state index >= 15 is 0 Å². The van der Waals surface area contributed by atoms with Crippen molar-refractivity contribution in [3.05, 3.63) is 46.8 Å². The molecule has 1 aromatic heterocycles. The molecule has 2 heterocycles. The van der Waals surface area contributed by atoms with E-state index in [0.717, 1.165) is 11.1 Å². The summed E-state index contributed by atoms with van der Waals surface area (Å²) >= 11 is 0. The van der Waals surface area contributed by atoms with Crippen LogP contribution in [0.2, 0.25) is 0 Å². The first-order chi connectivity index (χ1) is 9.67. The highest BCUT2D eigenvalue weighted by Crippen LogP contribution is 2.26. The van der Waals surface area contributed by atoms with E-state index in [1.807, 2.05) is 18.2 Å². The molecule has 0 spiro atoms. The molecule has 0 saturated heterocycles. The molecule has 6 nitrogen and oxygen atoms in total. The SMILES string of the molecule is COCc1cc(C(=O)N2Cc3ccc(N)cc3C2)no1. The molecule has 104 valence electrons. The number of fused-ring (bicyclic) bond motifs is 1. The van der Waals surface area contributed by atoms with Gasteiger partial charge in [0, 0.05) is 32.0 Å². The molecule has 1 aromatic carbocycles. The molecule has 0 atom stereocenters. The Morgan fingerprint density at radius 1 is 1.40 bits per heavy atom. The zero-order chi connectivity index (χ0) is 14.1. The van der Waals surface area contributed by atoms with Gasteiger partial charge in [-0.1, -0.05) is 11.2 Å². The van der Waals surface area contributed by atoms with Gasteiger partial charge in [-0.15, -0.1) is 0 Å². The summed E-state index contributed by atoms with van der Waals surface area (Å²) in [6, 6.07) is 7.32. The summed E-state index contributed by atoms with van der Waals surface area (Å²) in [5.74, 6) is 0.391. The van der Waals surface area contributed by atoms with Gasteiger partial charge in [-0.05, 0) is 23.3 Å². The highest BCUT2D eigenvalue weighted by molar-refractivity contribution is 5.92. The first kappa shape index (κ1) is 12.7. The quantitative estimate of drug-likeness (QED) is 0.858. The molecular formula is C14H15N3O3. The predicted octanol–water partition coefficient (Wildman–Crippen LogP) is 1.56. The Hall–Kier alpha value is -2.34. The molecule has 0 aliphatic carbocycles. The second-order valence-corrected chi connectivity index (χ2v) is 4.80. The van der Waals surface area contributed by atoms with Crippen LogP contribution >= 0.6 is 0 Å². The Morgan fingerprint density at radius 2 is 2.20 bits per heavy atom. The number of hydrogen-bond donors (Lipinski definition) is 1. The fraction of sp³-hybridized carbons (Fsp3) is 0.286. The largest absolute Gasteiger partial charge is 0.399 e. The molecule has 0 fully saturated rings. The van der Waals surface area contributed by atoms with Crippen LogP contribution in [0.5, 0.6) is 0 Å². The number of methoxy groups -OCH3 is 1. The molecule has 2 N–H and O–H groups in total. The van der Waals surface area contributed by atoms with Crippen LogP contribution in [0.1, 0.15) is 27.4 Å². The van der Waals surface area contributed by atoms with Crippen LogP contribution in [0.3, 0.4) is 0 Å². The average Bonchev–Trinajstić information content (AvgIpc) is 3.04. The number of ether oxygens (including phenoxy) is 1. The second-order valence-electron chi connectivity index (χ2n) is 4.80. The number of amides is 1. The maximum atomic E-state index is 12.3. The van der Waals surface area contributed by atoms with E-state index in [1.54, 1.807) is 18.1 Å². The minimum atomic E-state index is -0.147. The molecular weight excluding hydrogens is 258 g/mol. The van der Waals surface area contributed by atoms with E-state index in [4.69, 9.17) is 15.0 Å². The number of nitrogens with zero attached hydrogens (tertiary/aromatic N) is 2.